The van der Waals surface area contributed by atoms with E-state index in [0.29, 0.717) is 25.1 Å². The zero-order valence-electron chi connectivity index (χ0n) is 14.3. The van der Waals surface area contributed by atoms with Crippen LogP contribution in [-0.4, -0.2) is 35.0 Å². The first-order valence-electron chi connectivity index (χ1n) is 8.58. The number of carbonyl (C=O) groups is 1. The summed E-state index contributed by atoms with van der Waals surface area (Å²) in [6.07, 6.45) is 2.52. The average molecular weight is 328 g/mol. The first-order valence-corrected chi connectivity index (χ1v) is 8.58. The monoisotopic (exact) mass is 328 g/mol. The summed E-state index contributed by atoms with van der Waals surface area (Å²) >= 11 is 0. The van der Waals surface area contributed by atoms with Crippen LogP contribution in [0.5, 0.6) is 0 Å². The maximum Gasteiger partial charge on any atom is 0.253 e. The van der Waals surface area contributed by atoms with Crippen LogP contribution in [0.25, 0.3) is 10.9 Å². The van der Waals surface area contributed by atoms with E-state index in [1.165, 1.54) is 0 Å². The Kier molecular flexibility index (Phi) is 5.00. The van der Waals surface area contributed by atoms with Crippen molar-refractivity contribution in [1.29, 1.82) is 0 Å². The highest BCUT2D eigenvalue weighted by Gasteiger charge is 2.22. The van der Waals surface area contributed by atoms with Gasteiger partial charge in [0.2, 0.25) is 5.91 Å². The number of ether oxygens (including phenoxy) is 1. The number of pyridine rings is 1. The van der Waals surface area contributed by atoms with Gasteiger partial charge in [-0.05, 0) is 43.4 Å². The lowest BCUT2D eigenvalue weighted by Crippen LogP contribution is -2.37. The van der Waals surface area contributed by atoms with Gasteiger partial charge in [-0.25, -0.2) is 0 Å². The predicted octanol–water partition coefficient (Wildman–Crippen LogP) is 2.75. The zero-order valence-corrected chi connectivity index (χ0v) is 14.3. The quantitative estimate of drug-likeness (QED) is 0.918. The van der Waals surface area contributed by atoms with Crippen LogP contribution in [0.4, 0.5) is 0 Å². The topological polar surface area (TPSA) is 62.4 Å². The lowest BCUT2D eigenvalue weighted by molar-refractivity contribution is -0.133. The normalized spacial score (nSPS) is 17.3. The van der Waals surface area contributed by atoms with E-state index >= 15 is 0 Å². The lowest BCUT2D eigenvalue weighted by atomic mass is 10.1. The molecule has 2 heterocycles. The minimum Gasteiger partial charge on any atom is -0.376 e. The van der Waals surface area contributed by atoms with Crippen LogP contribution in [0.2, 0.25) is 0 Å². The second kappa shape index (κ2) is 7.18. The predicted molar refractivity (Wildman–Crippen MR) is 94.0 cm³/mol. The first kappa shape index (κ1) is 16.7. The van der Waals surface area contributed by atoms with Crippen molar-refractivity contribution in [2.24, 2.45) is 0 Å². The van der Waals surface area contributed by atoms with Crippen LogP contribution in [0, 0.1) is 6.92 Å². The molecule has 0 aliphatic carbocycles. The minimum absolute atomic E-state index is 0.0502. The number of hydrogen-bond acceptors (Lipinski definition) is 3. The van der Waals surface area contributed by atoms with Crippen LogP contribution in [0.15, 0.2) is 29.1 Å². The summed E-state index contributed by atoms with van der Waals surface area (Å²) in [5.74, 6) is 0.0502. The molecular weight excluding hydrogens is 304 g/mol. The molecule has 0 saturated carbocycles. The van der Waals surface area contributed by atoms with Crippen molar-refractivity contribution in [1.82, 2.24) is 9.88 Å². The highest BCUT2D eigenvalue weighted by Crippen LogP contribution is 2.17. The van der Waals surface area contributed by atoms with E-state index in [1.807, 2.05) is 38.1 Å². The number of hydrogen-bond donors (Lipinski definition) is 1. The molecule has 3 rings (SSSR count). The van der Waals surface area contributed by atoms with Crippen LogP contribution >= 0.6 is 0 Å². The molecular formula is C19H24N2O3. The fraction of sp³-hybridized carbons (Fsp3) is 0.474. The van der Waals surface area contributed by atoms with E-state index in [-0.39, 0.29) is 17.6 Å². The van der Waals surface area contributed by atoms with Crippen molar-refractivity contribution in [3.8, 4) is 0 Å². The number of nitrogens with zero attached hydrogens (tertiary/aromatic N) is 1. The van der Waals surface area contributed by atoms with E-state index in [2.05, 4.69) is 4.98 Å². The van der Waals surface area contributed by atoms with E-state index < -0.39 is 0 Å². The Morgan fingerprint density at radius 3 is 2.92 bits per heavy atom. The molecule has 1 N–H and O–H groups in total. The lowest BCUT2D eigenvalue weighted by Gasteiger charge is -2.25. The Morgan fingerprint density at radius 1 is 1.38 bits per heavy atom. The van der Waals surface area contributed by atoms with Crippen molar-refractivity contribution in [3.05, 3.63) is 45.7 Å². The number of carbonyl (C=O) groups excluding carboxylic acids is 1. The molecule has 1 aromatic heterocycles. The number of aromatic nitrogens is 1. The number of fused-ring (bicyclic) bond motifs is 1. The second-order valence-electron chi connectivity index (χ2n) is 6.48. The summed E-state index contributed by atoms with van der Waals surface area (Å²) in [5, 5.41) is 0.991. The highest BCUT2D eigenvalue weighted by atomic mass is 16.5. The third-order valence-electron chi connectivity index (χ3n) is 4.54. The van der Waals surface area contributed by atoms with Gasteiger partial charge in [-0.15, -0.1) is 0 Å². The molecule has 24 heavy (non-hydrogen) atoms. The second-order valence-corrected chi connectivity index (χ2v) is 6.48. The molecule has 0 radical (unpaired) electrons. The number of aromatic amines is 1. The zero-order chi connectivity index (χ0) is 17.1. The van der Waals surface area contributed by atoms with Gasteiger partial charge in [0.15, 0.2) is 0 Å². The Hall–Kier alpha value is -2.14. The molecule has 1 atom stereocenters. The van der Waals surface area contributed by atoms with Crippen molar-refractivity contribution >= 4 is 16.8 Å². The Morgan fingerprint density at radius 2 is 2.21 bits per heavy atom. The van der Waals surface area contributed by atoms with Crippen molar-refractivity contribution in [2.45, 2.75) is 45.8 Å². The SMILES string of the molecule is CCC(=O)N(Cc1cc2cc(C)ccc2[nH]c1=O)C[C@H]1CCCO1. The number of nitrogens with one attached hydrogen (secondary N) is 1. The molecule has 1 fully saturated rings. The van der Waals surface area contributed by atoms with Crippen molar-refractivity contribution < 1.29 is 9.53 Å². The maximum atomic E-state index is 12.4. The molecule has 5 nitrogen and oxygen atoms in total. The van der Waals surface area contributed by atoms with Gasteiger partial charge in [0, 0.05) is 30.7 Å². The standard InChI is InChI=1S/C19H24N2O3/c1-3-18(22)21(12-16-5-4-8-24-16)11-15-10-14-9-13(2)6-7-17(14)20-19(15)23/h6-7,9-10,16H,3-5,8,11-12H2,1-2H3,(H,20,23)/t16-/m1/s1. The Labute approximate surface area is 141 Å². The smallest absolute Gasteiger partial charge is 0.253 e. The highest BCUT2D eigenvalue weighted by molar-refractivity contribution is 5.80. The summed E-state index contributed by atoms with van der Waals surface area (Å²) in [4.78, 5) is 29.3. The number of aryl methyl sites for hydroxylation is 1. The summed E-state index contributed by atoms with van der Waals surface area (Å²) in [6, 6.07) is 7.83. The van der Waals surface area contributed by atoms with Gasteiger partial charge in [0.05, 0.1) is 12.6 Å². The van der Waals surface area contributed by atoms with E-state index in [4.69, 9.17) is 4.74 Å². The molecule has 1 saturated heterocycles. The number of rotatable bonds is 5. The molecule has 1 aliphatic heterocycles. The van der Waals surface area contributed by atoms with Crippen LogP contribution < -0.4 is 5.56 Å². The molecule has 1 amide bonds. The molecule has 5 heteroatoms. The van der Waals surface area contributed by atoms with Gasteiger partial charge >= 0.3 is 0 Å². The molecule has 0 spiro atoms. The Bertz CT molecular complexity index is 791. The van der Waals surface area contributed by atoms with Crippen LogP contribution in [0.1, 0.15) is 37.3 Å². The number of amides is 1. The average Bonchev–Trinajstić information content (AvgIpc) is 3.07. The van der Waals surface area contributed by atoms with Gasteiger partial charge in [-0.3, -0.25) is 9.59 Å². The number of benzene rings is 1. The fourth-order valence-electron chi connectivity index (χ4n) is 3.21. The summed E-state index contributed by atoms with van der Waals surface area (Å²) in [5.41, 5.74) is 2.45. The largest absolute Gasteiger partial charge is 0.376 e. The molecule has 2 aromatic rings. The Balaban J connectivity index is 1.87. The van der Waals surface area contributed by atoms with E-state index in [9.17, 15) is 9.59 Å². The molecule has 0 unspecified atom stereocenters. The van der Waals surface area contributed by atoms with Crippen molar-refractivity contribution in [3.63, 3.8) is 0 Å². The van der Waals surface area contributed by atoms with Gasteiger partial charge in [0.25, 0.3) is 5.56 Å². The maximum absolute atomic E-state index is 12.4. The summed E-state index contributed by atoms with van der Waals surface area (Å²) in [7, 11) is 0. The number of H-pyrrole nitrogens is 1. The van der Waals surface area contributed by atoms with E-state index in [0.717, 1.165) is 35.9 Å². The fourth-order valence-corrected chi connectivity index (χ4v) is 3.21. The molecule has 1 aliphatic rings. The molecule has 128 valence electrons. The van der Waals surface area contributed by atoms with Crippen LogP contribution in [0.3, 0.4) is 0 Å². The minimum atomic E-state index is -0.132. The van der Waals surface area contributed by atoms with E-state index in [1.54, 1.807) is 4.90 Å². The van der Waals surface area contributed by atoms with Crippen molar-refractivity contribution in [2.75, 3.05) is 13.2 Å². The van der Waals surface area contributed by atoms with Gasteiger partial charge in [0.1, 0.15) is 0 Å². The third-order valence-corrected chi connectivity index (χ3v) is 4.54. The van der Waals surface area contributed by atoms with Gasteiger partial charge < -0.3 is 14.6 Å². The van der Waals surface area contributed by atoms with Gasteiger partial charge in [-0.1, -0.05) is 18.6 Å². The summed E-state index contributed by atoms with van der Waals surface area (Å²) in [6.45, 7) is 5.51. The first-order chi connectivity index (χ1) is 11.6. The summed E-state index contributed by atoms with van der Waals surface area (Å²) < 4.78 is 5.65. The van der Waals surface area contributed by atoms with Gasteiger partial charge in [-0.2, -0.15) is 0 Å². The third kappa shape index (κ3) is 3.67. The molecule has 1 aromatic carbocycles. The molecule has 0 bridgehead atoms. The van der Waals surface area contributed by atoms with Crippen LogP contribution in [-0.2, 0) is 16.1 Å².